The van der Waals surface area contributed by atoms with Crippen molar-refractivity contribution in [1.29, 1.82) is 5.26 Å². The van der Waals surface area contributed by atoms with Crippen LogP contribution in [0.1, 0.15) is 30.5 Å². The SMILES string of the molecule is CC(C)(C)[Si](C)(C)OCc1ccc(C#N)s1. The smallest absolute Gasteiger partial charge is 0.192 e. The first-order valence-electron chi connectivity index (χ1n) is 5.39. The molecule has 0 aliphatic carbocycles. The molecule has 1 aromatic rings. The summed E-state index contributed by atoms with van der Waals surface area (Å²) in [5, 5.41) is 8.97. The number of rotatable bonds is 3. The Morgan fingerprint density at radius 1 is 1.38 bits per heavy atom. The fourth-order valence-corrected chi connectivity index (χ4v) is 2.76. The number of hydrogen-bond donors (Lipinski definition) is 0. The van der Waals surface area contributed by atoms with Gasteiger partial charge in [0.15, 0.2) is 8.32 Å². The molecule has 0 aliphatic heterocycles. The van der Waals surface area contributed by atoms with E-state index in [2.05, 4.69) is 39.9 Å². The molecule has 0 fully saturated rings. The van der Waals surface area contributed by atoms with Crippen molar-refractivity contribution >= 4 is 19.7 Å². The van der Waals surface area contributed by atoms with Gasteiger partial charge in [0.25, 0.3) is 0 Å². The molecule has 0 unspecified atom stereocenters. The highest BCUT2D eigenvalue weighted by atomic mass is 32.1. The van der Waals surface area contributed by atoms with Crippen LogP contribution in [-0.2, 0) is 11.0 Å². The molecule has 0 bridgehead atoms. The van der Waals surface area contributed by atoms with E-state index in [0.717, 1.165) is 9.75 Å². The highest BCUT2D eigenvalue weighted by molar-refractivity contribution is 7.12. The first kappa shape index (κ1) is 13.4. The zero-order valence-corrected chi connectivity index (χ0v) is 12.4. The standard InChI is InChI=1S/C12H19NOSSi/c1-12(2,3)16(4,5)14-9-11-7-6-10(8-13)15-11/h6-7H,9H2,1-5H3. The molecule has 88 valence electrons. The molecule has 0 atom stereocenters. The van der Waals surface area contributed by atoms with E-state index in [0.29, 0.717) is 6.61 Å². The summed E-state index contributed by atoms with van der Waals surface area (Å²) in [6.45, 7) is 11.8. The molecule has 16 heavy (non-hydrogen) atoms. The Labute approximate surface area is 103 Å². The van der Waals surface area contributed by atoms with Crippen molar-refractivity contribution < 1.29 is 4.43 Å². The van der Waals surface area contributed by atoms with Crippen molar-refractivity contribution in [3.8, 4) is 6.07 Å². The fraction of sp³-hybridized carbons (Fsp3) is 0.583. The summed E-state index contributed by atoms with van der Waals surface area (Å²) in [5.41, 5.74) is 0. The quantitative estimate of drug-likeness (QED) is 0.758. The van der Waals surface area contributed by atoms with Gasteiger partial charge in [-0.05, 0) is 30.3 Å². The van der Waals surface area contributed by atoms with Crippen LogP contribution in [0.4, 0.5) is 0 Å². The Bertz CT molecular complexity index is 398. The molecule has 1 aromatic heterocycles. The number of thiophene rings is 1. The van der Waals surface area contributed by atoms with Crippen LogP contribution in [0.5, 0.6) is 0 Å². The van der Waals surface area contributed by atoms with Crippen molar-refractivity contribution in [2.75, 3.05) is 0 Å². The van der Waals surface area contributed by atoms with Crippen LogP contribution >= 0.6 is 11.3 Å². The van der Waals surface area contributed by atoms with Gasteiger partial charge in [0.2, 0.25) is 0 Å². The molecule has 1 heterocycles. The molecule has 1 rings (SSSR count). The molecule has 0 spiro atoms. The molecule has 0 aliphatic rings. The molecule has 4 heteroatoms. The van der Waals surface area contributed by atoms with Crippen molar-refractivity contribution in [2.45, 2.75) is 45.5 Å². The van der Waals surface area contributed by atoms with Gasteiger partial charge in [-0.25, -0.2) is 0 Å². The molecule has 0 saturated carbocycles. The predicted molar refractivity (Wildman–Crippen MR) is 71.0 cm³/mol. The summed E-state index contributed by atoms with van der Waals surface area (Å²) < 4.78 is 6.08. The minimum atomic E-state index is -1.66. The first-order valence-corrected chi connectivity index (χ1v) is 9.11. The second-order valence-electron chi connectivity index (χ2n) is 5.43. The van der Waals surface area contributed by atoms with Gasteiger partial charge in [-0.1, -0.05) is 20.8 Å². The van der Waals surface area contributed by atoms with E-state index < -0.39 is 8.32 Å². The third-order valence-corrected chi connectivity index (χ3v) is 8.60. The second kappa shape index (κ2) is 4.70. The van der Waals surface area contributed by atoms with E-state index >= 15 is 0 Å². The molecular weight excluding hydrogens is 234 g/mol. The molecule has 2 nitrogen and oxygen atoms in total. The van der Waals surface area contributed by atoms with E-state index in [-0.39, 0.29) is 5.04 Å². The van der Waals surface area contributed by atoms with Crippen LogP contribution in [0.25, 0.3) is 0 Å². The molecule has 0 N–H and O–H groups in total. The highest BCUT2D eigenvalue weighted by Gasteiger charge is 2.37. The van der Waals surface area contributed by atoms with Gasteiger partial charge < -0.3 is 4.43 Å². The first-order chi connectivity index (χ1) is 7.26. The Morgan fingerprint density at radius 2 is 2.00 bits per heavy atom. The minimum absolute atomic E-state index is 0.238. The lowest BCUT2D eigenvalue weighted by atomic mass is 10.2. The summed E-state index contributed by atoms with van der Waals surface area (Å²) in [7, 11) is -1.66. The van der Waals surface area contributed by atoms with Crippen molar-refractivity contribution in [1.82, 2.24) is 0 Å². The summed E-state index contributed by atoms with van der Waals surface area (Å²) in [5.74, 6) is 0. The zero-order valence-electron chi connectivity index (χ0n) is 10.6. The largest absolute Gasteiger partial charge is 0.412 e. The monoisotopic (exact) mass is 253 g/mol. The van der Waals surface area contributed by atoms with Gasteiger partial charge in [-0.3, -0.25) is 0 Å². The Kier molecular flexibility index (Phi) is 3.95. The van der Waals surface area contributed by atoms with Gasteiger partial charge in [-0.15, -0.1) is 11.3 Å². The average Bonchev–Trinajstić information content (AvgIpc) is 2.60. The number of nitrogens with zero attached hydrogens (tertiary/aromatic N) is 1. The Balaban J connectivity index is 2.62. The fourth-order valence-electron chi connectivity index (χ4n) is 0.984. The maximum Gasteiger partial charge on any atom is 0.192 e. The molecule has 0 aromatic carbocycles. The van der Waals surface area contributed by atoms with E-state index in [1.54, 1.807) is 0 Å². The van der Waals surface area contributed by atoms with Gasteiger partial charge in [0.1, 0.15) is 10.9 Å². The van der Waals surface area contributed by atoms with E-state index in [9.17, 15) is 0 Å². The van der Waals surface area contributed by atoms with Crippen LogP contribution in [0, 0.1) is 11.3 Å². The van der Waals surface area contributed by atoms with Crippen molar-refractivity contribution in [2.24, 2.45) is 0 Å². The summed E-state index contributed by atoms with van der Waals surface area (Å²) in [4.78, 5) is 1.90. The third-order valence-electron chi connectivity index (χ3n) is 3.15. The molecule has 0 radical (unpaired) electrons. The van der Waals surface area contributed by atoms with Gasteiger partial charge in [-0.2, -0.15) is 5.26 Å². The maximum absolute atomic E-state index is 8.74. The topological polar surface area (TPSA) is 33.0 Å². The predicted octanol–water partition coefficient (Wildman–Crippen LogP) is 4.14. The van der Waals surface area contributed by atoms with Crippen LogP contribution in [0.2, 0.25) is 18.1 Å². The zero-order chi connectivity index (χ0) is 12.4. The molecule has 0 saturated heterocycles. The van der Waals surface area contributed by atoms with Crippen molar-refractivity contribution in [3.05, 3.63) is 21.9 Å². The second-order valence-corrected chi connectivity index (χ2v) is 11.4. The summed E-state index contributed by atoms with van der Waals surface area (Å²) >= 11 is 1.52. The summed E-state index contributed by atoms with van der Waals surface area (Å²) in [6, 6.07) is 5.99. The van der Waals surface area contributed by atoms with Gasteiger partial charge in [0, 0.05) is 4.88 Å². The van der Waals surface area contributed by atoms with Gasteiger partial charge >= 0.3 is 0 Å². The van der Waals surface area contributed by atoms with Crippen LogP contribution in [0.15, 0.2) is 12.1 Å². The molecular formula is C12H19NOSSi. The van der Waals surface area contributed by atoms with Crippen LogP contribution in [0.3, 0.4) is 0 Å². The Morgan fingerprint density at radius 3 is 2.44 bits per heavy atom. The number of nitriles is 1. The minimum Gasteiger partial charge on any atom is -0.412 e. The lowest BCUT2D eigenvalue weighted by Gasteiger charge is -2.36. The van der Waals surface area contributed by atoms with Gasteiger partial charge in [0.05, 0.1) is 6.61 Å². The van der Waals surface area contributed by atoms with Crippen LogP contribution < -0.4 is 0 Å². The summed E-state index contributed by atoms with van der Waals surface area (Å²) in [6.07, 6.45) is 0. The molecule has 0 amide bonds. The normalized spacial score (nSPS) is 12.5. The average molecular weight is 253 g/mol. The van der Waals surface area contributed by atoms with E-state index in [4.69, 9.17) is 9.69 Å². The Hall–Kier alpha value is -0.633. The lowest BCUT2D eigenvalue weighted by molar-refractivity contribution is 0.279. The third kappa shape index (κ3) is 3.18. The highest BCUT2D eigenvalue weighted by Crippen LogP contribution is 2.37. The maximum atomic E-state index is 8.74. The van der Waals surface area contributed by atoms with Crippen molar-refractivity contribution in [3.63, 3.8) is 0 Å². The van der Waals surface area contributed by atoms with Crippen LogP contribution in [-0.4, -0.2) is 8.32 Å². The van der Waals surface area contributed by atoms with E-state index in [1.165, 1.54) is 11.3 Å². The van der Waals surface area contributed by atoms with E-state index in [1.807, 2.05) is 12.1 Å². The lowest BCUT2D eigenvalue weighted by Crippen LogP contribution is -2.40. The number of hydrogen-bond acceptors (Lipinski definition) is 3.